The highest BCUT2D eigenvalue weighted by Gasteiger charge is 2.08. The van der Waals surface area contributed by atoms with Gasteiger partial charge in [0.25, 0.3) is 0 Å². The van der Waals surface area contributed by atoms with Crippen molar-refractivity contribution in [3.8, 4) is 0 Å². The van der Waals surface area contributed by atoms with E-state index in [0.717, 1.165) is 0 Å². The van der Waals surface area contributed by atoms with Crippen molar-refractivity contribution in [3.63, 3.8) is 0 Å². The highest BCUT2D eigenvalue weighted by atomic mass is 16.5. The van der Waals surface area contributed by atoms with Gasteiger partial charge in [0.05, 0.1) is 17.9 Å². The van der Waals surface area contributed by atoms with Gasteiger partial charge in [0.2, 0.25) is 0 Å². The number of nitrogens with zero attached hydrogens (tertiary/aromatic N) is 2. The van der Waals surface area contributed by atoms with Crippen molar-refractivity contribution < 1.29 is 9.53 Å². The van der Waals surface area contributed by atoms with Gasteiger partial charge in [0.15, 0.2) is 5.82 Å². The molecule has 1 aromatic heterocycles. The largest absolute Gasteiger partial charge is 0.459 e. The van der Waals surface area contributed by atoms with Crippen LogP contribution in [0, 0.1) is 0 Å². The molecule has 1 heterocycles. The molecule has 0 aliphatic carbocycles. The quantitative estimate of drug-likeness (QED) is 0.819. The Balaban J connectivity index is 2.08. The van der Waals surface area contributed by atoms with E-state index in [-0.39, 0.29) is 12.1 Å². The number of carbonyl (C=O) groups excluding carboxylic acids is 1. The van der Waals surface area contributed by atoms with Gasteiger partial charge < -0.3 is 10.1 Å². The average Bonchev–Trinajstić information content (AvgIpc) is 2.38. The maximum atomic E-state index is 11.7. The number of aromatic amines is 1. The van der Waals surface area contributed by atoms with E-state index in [2.05, 4.69) is 20.5 Å². The number of rotatable bonds is 4. The van der Waals surface area contributed by atoms with Crippen molar-refractivity contribution in [3.05, 3.63) is 46.5 Å². The number of anilines is 2. The Kier molecular flexibility index (Phi) is 4.09. The Morgan fingerprint density at radius 1 is 1.30 bits per heavy atom. The third kappa shape index (κ3) is 3.64. The summed E-state index contributed by atoms with van der Waals surface area (Å²) in [5, 5.41) is 8.71. The van der Waals surface area contributed by atoms with Crippen LogP contribution in [0.3, 0.4) is 0 Å². The van der Waals surface area contributed by atoms with Gasteiger partial charge in [-0.3, -0.25) is 0 Å². The zero-order valence-corrected chi connectivity index (χ0v) is 11.1. The van der Waals surface area contributed by atoms with Crippen LogP contribution in [0.15, 0.2) is 35.3 Å². The molecule has 2 rings (SSSR count). The molecule has 0 unspecified atom stereocenters. The molecule has 0 fully saturated rings. The van der Waals surface area contributed by atoms with Crippen LogP contribution < -0.4 is 11.0 Å². The number of benzene rings is 1. The summed E-state index contributed by atoms with van der Waals surface area (Å²) in [6.45, 7) is 3.58. The van der Waals surface area contributed by atoms with E-state index in [1.807, 2.05) is 0 Å². The van der Waals surface area contributed by atoms with Crippen molar-refractivity contribution >= 4 is 17.5 Å². The van der Waals surface area contributed by atoms with Gasteiger partial charge in [-0.15, -0.1) is 0 Å². The molecule has 2 N–H and O–H groups in total. The summed E-state index contributed by atoms with van der Waals surface area (Å²) < 4.78 is 5.08. The summed E-state index contributed by atoms with van der Waals surface area (Å²) in [6.07, 6.45) is 1.23. The maximum Gasteiger partial charge on any atom is 0.363 e. The first-order valence-electron chi connectivity index (χ1n) is 6.04. The fourth-order valence-corrected chi connectivity index (χ4v) is 1.49. The first-order chi connectivity index (χ1) is 9.54. The van der Waals surface area contributed by atoms with E-state index in [4.69, 9.17) is 4.74 Å². The Morgan fingerprint density at radius 2 is 2.00 bits per heavy atom. The second-order valence-electron chi connectivity index (χ2n) is 4.33. The Hall–Kier alpha value is -2.70. The minimum absolute atomic E-state index is 0.161. The molecule has 104 valence electrons. The summed E-state index contributed by atoms with van der Waals surface area (Å²) in [5.41, 5.74) is 0.611. The highest BCUT2D eigenvalue weighted by Crippen LogP contribution is 2.14. The second kappa shape index (κ2) is 5.96. The fraction of sp³-hybridized carbons (Fsp3) is 0.231. The van der Waals surface area contributed by atoms with E-state index in [1.54, 1.807) is 38.1 Å². The number of ether oxygens (including phenoxy) is 1. The Labute approximate surface area is 115 Å². The molecule has 0 atom stereocenters. The molecule has 1 aromatic carbocycles. The summed E-state index contributed by atoms with van der Waals surface area (Å²) in [4.78, 5) is 26.3. The van der Waals surface area contributed by atoms with Gasteiger partial charge >= 0.3 is 11.7 Å². The summed E-state index contributed by atoms with van der Waals surface area (Å²) >= 11 is 0. The Morgan fingerprint density at radius 3 is 2.60 bits per heavy atom. The summed E-state index contributed by atoms with van der Waals surface area (Å²) in [6, 6.07) is 6.65. The van der Waals surface area contributed by atoms with Gasteiger partial charge in [0, 0.05) is 5.69 Å². The van der Waals surface area contributed by atoms with Crippen molar-refractivity contribution in [1.82, 2.24) is 15.2 Å². The molecule has 0 saturated carbocycles. The highest BCUT2D eigenvalue weighted by molar-refractivity contribution is 5.90. The van der Waals surface area contributed by atoms with Crippen LogP contribution in [0.5, 0.6) is 0 Å². The molecule has 0 saturated heterocycles. The predicted octanol–water partition coefficient (Wildman–Crippen LogP) is 1.47. The van der Waals surface area contributed by atoms with Crippen LogP contribution in [0.25, 0.3) is 0 Å². The Bertz CT molecular complexity index is 649. The van der Waals surface area contributed by atoms with Crippen LogP contribution in [0.2, 0.25) is 0 Å². The molecule has 0 aliphatic heterocycles. The predicted molar refractivity (Wildman–Crippen MR) is 72.9 cm³/mol. The lowest BCUT2D eigenvalue weighted by Crippen LogP contribution is -2.13. The SMILES string of the molecule is CC(C)OC(=O)c1ccc(Nc2cn[nH]c(=O)n2)cc1. The summed E-state index contributed by atoms with van der Waals surface area (Å²) in [7, 11) is 0. The number of nitrogens with one attached hydrogen (secondary N) is 2. The van der Waals surface area contributed by atoms with Crippen LogP contribution in [-0.2, 0) is 4.74 Å². The number of carbonyl (C=O) groups is 1. The van der Waals surface area contributed by atoms with E-state index in [9.17, 15) is 9.59 Å². The number of hydrogen-bond acceptors (Lipinski definition) is 6. The number of H-pyrrole nitrogens is 1. The van der Waals surface area contributed by atoms with Gasteiger partial charge in [0.1, 0.15) is 0 Å². The van der Waals surface area contributed by atoms with Crippen molar-refractivity contribution in [2.45, 2.75) is 20.0 Å². The lowest BCUT2D eigenvalue weighted by atomic mass is 10.2. The van der Waals surface area contributed by atoms with Gasteiger partial charge in [-0.1, -0.05) is 0 Å². The zero-order valence-electron chi connectivity index (χ0n) is 11.1. The number of hydrogen-bond donors (Lipinski definition) is 2. The third-order valence-corrected chi connectivity index (χ3v) is 2.30. The molecule has 0 amide bonds. The van der Waals surface area contributed by atoms with Crippen molar-refractivity contribution in [2.24, 2.45) is 0 Å². The molecule has 7 heteroatoms. The van der Waals surface area contributed by atoms with Crippen molar-refractivity contribution in [2.75, 3.05) is 5.32 Å². The molecule has 20 heavy (non-hydrogen) atoms. The van der Waals surface area contributed by atoms with Gasteiger partial charge in [-0.05, 0) is 38.1 Å². The summed E-state index contributed by atoms with van der Waals surface area (Å²) in [5.74, 6) is -0.0474. The molecular formula is C13H14N4O3. The van der Waals surface area contributed by atoms with E-state index >= 15 is 0 Å². The first kappa shape index (κ1) is 13.7. The van der Waals surface area contributed by atoms with Crippen LogP contribution >= 0.6 is 0 Å². The minimum Gasteiger partial charge on any atom is -0.459 e. The first-order valence-corrected chi connectivity index (χ1v) is 6.04. The van der Waals surface area contributed by atoms with E-state index in [0.29, 0.717) is 17.1 Å². The van der Waals surface area contributed by atoms with E-state index < -0.39 is 5.69 Å². The van der Waals surface area contributed by atoms with Crippen LogP contribution in [-0.4, -0.2) is 27.3 Å². The zero-order chi connectivity index (χ0) is 14.5. The number of esters is 1. The molecule has 2 aromatic rings. The molecule has 0 aliphatic rings. The minimum atomic E-state index is -0.535. The average molecular weight is 274 g/mol. The third-order valence-electron chi connectivity index (χ3n) is 2.30. The molecule has 0 bridgehead atoms. The van der Waals surface area contributed by atoms with Crippen LogP contribution in [0.1, 0.15) is 24.2 Å². The number of aromatic nitrogens is 3. The normalized spacial score (nSPS) is 10.3. The van der Waals surface area contributed by atoms with E-state index in [1.165, 1.54) is 6.20 Å². The lowest BCUT2D eigenvalue weighted by Gasteiger charge is -2.08. The molecular weight excluding hydrogens is 260 g/mol. The smallest absolute Gasteiger partial charge is 0.363 e. The van der Waals surface area contributed by atoms with Crippen molar-refractivity contribution in [1.29, 1.82) is 0 Å². The second-order valence-corrected chi connectivity index (χ2v) is 4.33. The standard InChI is InChI=1S/C13H14N4O3/c1-8(2)20-12(18)9-3-5-10(6-4-9)15-11-7-14-17-13(19)16-11/h3-8H,1-2H3,(H2,15,16,17,19). The lowest BCUT2D eigenvalue weighted by molar-refractivity contribution is 0.0378. The monoisotopic (exact) mass is 274 g/mol. The fourth-order valence-electron chi connectivity index (χ4n) is 1.49. The topological polar surface area (TPSA) is 97.0 Å². The van der Waals surface area contributed by atoms with Crippen LogP contribution in [0.4, 0.5) is 11.5 Å². The molecule has 0 radical (unpaired) electrons. The van der Waals surface area contributed by atoms with Gasteiger partial charge in [-0.2, -0.15) is 10.1 Å². The maximum absolute atomic E-state index is 11.7. The van der Waals surface area contributed by atoms with Gasteiger partial charge in [-0.25, -0.2) is 14.7 Å². The molecule has 0 spiro atoms. The molecule has 7 nitrogen and oxygen atoms in total.